The van der Waals surface area contributed by atoms with Crippen LogP contribution in [0.25, 0.3) is 0 Å². The Labute approximate surface area is 113 Å². The Kier molecular flexibility index (Phi) is 4.60. The van der Waals surface area contributed by atoms with E-state index in [9.17, 15) is 4.39 Å². The van der Waals surface area contributed by atoms with Gasteiger partial charge >= 0.3 is 0 Å². The molecule has 0 amide bonds. The molecule has 0 bridgehead atoms. The number of hydrogen-bond acceptors (Lipinski definition) is 2. The van der Waals surface area contributed by atoms with Crippen LogP contribution in [-0.4, -0.2) is 43.5 Å². The van der Waals surface area contributed by atoms with Crippen LogP contribution >= 0.6 is 11.6 Å². The third kappa shape index (κ3) is 3.67. The third-order valence-electron chi connectivity index (χ3n) is 3.50. The molecule has 1 fully saturated rings. The van der Waals surface area contributed by atoms with Crippen molar-refractivity contribution in [3.05, 3.63) is 34.6 Å². The van der Waals surface area contributed by atoms with Crippen molar-refractivity contribution in [3.8, 4) is 0 Å². The van der Waals surface area contributed by atoms with Gasteiger partial charge in [0.1, 0.15) is 5.82 Å². The van der Waals surface area contributed by atoms with Crippen LogP contribution in [0.4, 0.5) is 4.39 Å². The van der Waals surface area contributed by atoms with Gasteiger partial charge in [0, 0.05) is 19.6 Å². The van der Waals surface area contributed by atoms with Crippen molar-refractivity contribution in [3.63, 3.8) is 0 Å². The molecular formula is C14H20ClFN2. The van der Waals surface area contributed by atoms with Crippen molar-refractivity contribution < 1.29 is 4.39 Å². The minimum Gasteiger partial charge on any atom is -0.306 e. The Hall–Kier alpha value is -0.640. The topological polar surface area (TPSA) is 6.48 Å². The van der Waals surface area contributed by atoms with Crippen molar-refractivity contribution in [2.45, 2.75) is 13.0 Å². The number of likely N-dealkylation sites (tertiary alicyclic amines) is 1. The van der Waals surface area contributed by atoms with Gasteiger partial charge in [-0.1, -0.05) is 17.7 Å². The standard InChI is InChI=1S/C14H20ClFN2/c1-17-6-5-12(9-17)10-18(2)8-11-3-4-13(15)14(16)7-11/h3-4,7,12H,5-6,8-10H2,1-2H3/t12-/m1/s1. The normalized spacial score (nSPS) is 20.8. The second kappa shape index (κ2) is 6.00. The molecule has 2 rings (SSSR count). The van der Waals surface area contributed by atoms with Crippen LogP contribution in [0.1, 0.15) is 12.0 Å². The lowest BCUT2D eigenvalue weighted by Gasteiger charge is -2.21. The summed E-state index contributed by atoms with van der Waals surface area (Å²) >= 11 is 5.68. The molecule has 0 spiro atoms. The zero-order valence-electron chi connectivity index (χ0n) is 11.0. The Morgan fingerprint density at radius 3 is 2.89 bits per heavy atom. The maximum Gasteiger partial charge on any atom is 0.142 e. The summed E-state index contributed by atoms with van der Waals surface area (Å²) in [5.41, 5.74) is 0.978. The molecule has 0 saturated carbocycles. The number of rotatable bonds is 4. The lowest BCUT2D eigenvalue weighted by molar-refractivity contribution is 0.267. The van der Waals surface area contributed by atoms with Crippen LogP contribution in [0.5, 0.6) is 0 Å². The van der Waals surface area contributed by atoms with Crippen LogP contribution < -0.4 is 0 Å². The van der Waals surface area contributed by atoms with Crippen LogP contribution in [0, 0.1) is 11.7 Å². The van der Waals surface area contributed by atoms with E-state index in [0.717, 1.165) is 24.6 Å². The molecule has 0 radical (unpaired) electrons. The molecule has 1 saturated heterocycles. The van der Waals surface area contributed by atoms with Gasteiger partial charge in [0.25, 0.3) is 0 Å². The first-order valence-corrected chi connectivity index (χ1v) is 6.73. The lowest BCUT2D eigenvalue weighted by atomic mass is 10.1. The molecule has 100 valence electrons. The molecule has 1 atom stereocenters. The molecule has 2 nitrogen and oxygen atoms in total. The highest BCUT2D eigenvalue weighted by atomic mass is 35.5. The molecule has 1 aliphatic heterocycles. The van der Waals surface area contributed by atoms with Gasteiger partial charge in [-0.25, -0.2) is 4.39 Å². The minimum atomic E-state index is -0.330. The minimum absolute atomic E-state index is 0.193. The SMILES string of the molecule is CN1CC[C@@H](CN(C)Cc2ccc(Cl)c(F)c2)C1. The van der Waals surface area contributed by atoms with E-state index in [0.29, 0.717) is 0 Å². The third-order valence-corrected chi connectivity index (χ3v) is 3.80. The molecule has 1 aliphatic rings. The van der Waals surface area contributed by atoms with Crippen LogP contribution in [-0.2, 0) is 6.54 Å². The summed E-state index contributed by atoms with van der Waals surface area (Å²) in [4.78, 5) is 4.62. The molecule has 4 heteroatoms. The van der Waals surface area contributed by atoms with Gasteiger partial charge in [0.05, 0.1) is 5.02 Å². The zero-order valence-corrected chi connectivity index (χ0v) is 11.8. The molecule has 1 aromatic carbocycles. The molecule has 1 aromatic rings. The van der Waals surface area contributed by atoms with Crippen LogP contribution in [0.3, 0.4) is 0 Å². The van der Waals surface area contributed by atoms with E-state index in [4.69, 9.17) is 11.6 Å². The molecule has 0 N–H and O–H groups in total. The lowest BCUT2D eigenvalue weighted by Crippen LogP contribution is -2.27. The van der Waals surface area contributed by atoms with Gasteiger partial charge in [-0.2, -0.15) is 0 Å². The second-order valence-corrected chi connectivity index (χ2v) is 5.77. The first kappa shape index (κ1) is 13.8. The molecule has 0 aliphatic carbocycles. The van der Waals surface area contributed by atoms with E-state index in [1.807, 2.05) is 6.07 Å². The van der Waals surface area contributed by atoms with Gasteiger partial charge in [-0.3, -0.25) is 0 Å². The first-order chi connectivity index (χ1) is 8.54. The van der Waals surface area contributed by atoms with Crippen molar-refractivity contribution in [1.29, 1.82) is 0 Å². The highest BCUT2D eigenvalue weighted by molar-refractivity contribution is 6.30. The molecule has 1 heterocycles. The number of hydrogen-bond donors (Lipinski definition) is 0. The molecule has 18 heavy (non-hydrogen) atoms. The number of halogens is 2. The summed E-state index contributed by atoms with van der Waals surface area (Å²) in [5, 5.41) is 0.193. The smallest absolute Gasteiger partial charge is 0.142 e. The Morgan fingerprint density at radius 2 is 2.28 bits per heavy atom. The van der Waals surface area contributed by atoms with Crippen molar-refractivity contribution in [1.82, 2.24) is 9.80 Å². The van der Waals surface area contributed by atoms with Gasteiger partial charge in [0.2, 0.25) is 0 Å². The summed E-state index contributed by atoms with van der Waals surface area (Å²) in [6.07, 6.45) is 1.26. The molecular weight excluding hydrogens is 251 g/mol. The van der Waals surface area contributed by atoms with E-state index in [1.165, 1.54) is 25.6 Å². The highest BCUT2D eigenvalue weighted by Crippen LogP contribution is 2.18. The predicted molar refractivity (Wildman–Crippen MR) is 73.3 cm³/mol. The average molecular weight is 271 g/mol. The van der Waals surface area contributed by atoms with E-state index in [1.54, 1.807) is 6.07 Å². The second-order valence-electron chi connectivity index (χ2n) is 5.36. The van der Waals surface area contributed by atoms with Gasteiger partial charge in [-0.05, 0) is 50.7 Å². The summed E-state index contributed by atoms with van der Waals surface area (Å²) in [6.45, 7) is 4.19. The van der Waals surface area contributed by atoms with Gasteiger partial charge < -0.3 is 9.80 Å². The maximum absolute atomic E-state index is 13.3. The Bertz CT molecular complexity index is 411. The number of benzene rings is 1. The fraction of sp³-hybridized carbons (Fsp3) is 0.571. The van der Waals surface area contributed by atoms with E-state index >= 15 is 0 Å². The fourth-order valence-electron chi connectivity index (χ4n) is 2.63. The summed E-state index contributed by atoms with van der Waals surface area (Å²) in [6, 6.07) is 5.05. The quantitative estimate of drug-likeness (QED) is 0.830. The Balaban J connectivity index is 1.86. The average Bonchev–Trinajstić information content (AvgIpc) is 2.69. The van der Waals surface area contributed by atoms with Crippen LogP contribution in [0.2, 0.25) is 5.02 Å². The van der Waals surface area contributed by atoms with Gasteiger partial charge in [-0.15, -0.1) is 0 Å². The van der Waals surface area contributed by atoms with Crippen molar-refractivity contribution >= 4 is 11.6 Å². The van der Waals surface area contributed by atoms with Crippen molar-refractivity contribution in [2.75, 3.05) is 33.7 Å². The zero-order chi connectivity index (χ0) is 13.1. The number of nitrogens with zero attached hydrogens (tertiary/aromatic N) is 2. The van der Waals surface area contributed by atoms with Crippen molar-refractivity contribution in [2.24, 2.45) is 5.92 Å². The monoisotopic (exact) mass is 270 g/mol. The highest BCUT2D eigenvalue weighted by Gasteiger charge is 2.20. The maximum atomic E-state index is 13.3. The summed E-state index contributed by atoms with van der Waals surface area (Å²) in [7, 11) is 4.25. The summed E-state index contributed by atoms with van der Waals surface area (Å²) in [5.74, 6) is 0.403. The van der Waals surface area contributed by atoms with Crippen LogP contribution in [0.15, 0.2) is 18.2 Å². The first-order valence-electron chi connectivity index (χ1n) is 6.35. The van der Waals surface area contributed by atoms with E-state index in [2.05, 4.69) is 23.9 Å². The largest absolute Gasteiger partial charge is 0.306 e. The molecule has 0 aromatic heterocycles. The Morgan fingerprint density at radius 1 is 1.50 bits per heavy atom. The molecule has 0 unspecified atom stereocenters. The fourth-order valence-corrected chi connectivity index (χ4v) is 2.75. The van der Waals surface area contributed by atoms with E-state index in [-0.39, 0.29) is 10.8 Å². The van der Waals surface area contributed by atoms with Gasteiger partial charge in [0.15, 0.2) is 0 Å². The predicted octanol–water partition coefficient (Wildman–Crippen LogP) is 2.86. The summed E-state index contributed by atoms with van der Waals surface area (Å²) < 4.78 is 13.3. The van der Waals surface area contributed by atoms with E-state index < -0.39 is 0 Å².